The van der Waals surface area contributed by atoms with E-state index in [0.29, 0.717) is 30.4 Å². The van der Waals surface area contributed by atoms with E-state index in [9.17, 15) is 14.4 Å². The second kappa shape index (κ2) is 7.78. The first-order chi connectivity index (χ1) is 9.54. The normalized spacial score (nSPS) is 12.1. The standard InChI is InChI=1S/C13H15N3O4/c1-9-11(6-14-8-15-9)13(20)16-10(7-17)4-2-3-5-12(18)19/h3,5-8,10H,2,4H2,1H3,(H,16,20)(H,18,19). The molecule has 1 aromatic heterocycles. The highest BCUT2D eigenvalue weighted by molar-refractivity contribution is 5.96. The Morgan fingerprint density at radius 2 is 2.25 bits per heavy atom. The molecule has 1 atom stereocenters. The third kappa shape index (κ3) is 4.97. The van der Waals surface area contributed by atoms with Gasteiger partial charge in [-0.05, 0) is 19.8 Å². The summed E-state index contributed by atoms with van der Waals surface area (Å²) in [5, 5.41) is 11.0. The molecule has 1 rings (SSSR count). The fraction of sp³-hybridized carbons (Fsp3) is 0.308. The molecule has 0 aliphatic rings. The minimum Gasteiger partial charge on any atom is -0.478 e. The van der Waals surface area contributed by atoms with Crippen LogP contribution in [0.1, 0.15) is 28.9 Å². The van der Waals surface area contributed by atoms with Crippen molar-refractivity contribution in [3.8, 4) is 0 Å². The van der Waals surface area contributed by atoms with Crippen molar-refractivity contribution in [3.05, 3.63) is 35.9 Å². The van der Waals surface area contributed by atoms with Crippen molar-refractivity contribution in [2.24, 2.45) is 0 Å². The summed E-state index contributed by atoms with van der Waals surface area (Å²) in [5.41, 5.74) is 0.827. The van der Waals surface area contributed by atoms with Gasteiger partial charge in [0.25, 0.3) is 5.91 Å². The molecule has 0 saturated heterocycles. The van der Waals surface area contributed by atoms with E-state index >= 15 is 0 Å². The molecular formula is C13H15N3O4. The van der Waals surface area contributed by atoms with E-state index in [-0.39, 0.29) is 0 Å². The third-order valence-electron chi connectivity index (χ3n) is 2.54. The molecule has 0 radical (unpaired) electrons. The lowest BCUT2D eigenvalue weighted by Gasteiger charge is -2.12. The third-order valence-corrected chi connectivity index (χ3v) is 2.54. The zero-order valence-electron chi connectivity index (χ0n) is 10.9. The average molecular weight is 277 g/mol. The molecule has 0 aliphatic heterocycles. The molecule has 0 saturated carbocycles. The monoisotopic (exact) mass is 277 g/mol. The number of nitrogens with one attached hydrogen (secondary N) is 1. The quantitative estimate of drug-likeness (QED) is 0.555. The molecule has 1 heterocycles. The van der Waals surface area contributed by atoms with Crippen LogP contribution in [0.25, 0.3) is 0 Å². The second-order valence-corrected chi connectivity index (χ2v) is 4.06. The van der Waals surface area contributed by atoms with Gasteiger partial charge >= 0.3 is 5.97 Å². The molecule has 0 bridgehead atoms. The van der Waals surface area contributed by atoms with E-state index in [2.05, 4.69) is 15.3 Å². The molecule has 1 amide bonds. The molecule has 1 aromatic rings. The number of nitrogens with zero attached hydrogens (tertiary/aromatic N) is 2. The molecule has 2 N–H and O–H groups in total. The van der Waals surface area contributed by atoms with Crippen LogP contribution in [0.3, 0.4) is 0 Å². The summed E-state index contributed by atoms with van der Waals surface area (Å²) >= 11 is 0. The first-order valence-corrected chi connectivity index (χ1v) is 5.96. The van der Waals surface area contributed by atoms with Gasteiger partial charge in [-0.25, -0.2) is 14.8 Å². The van der Waals surface area contributed by atoms with Crippen LogP contribution in [0, 0.1) is 6.92 Å². The molecule has 0 aromatic carbocycles. The number of carboxylic acid groups (broad SMARTS) is 1. The number of rotatable bonds is 7. The first-order valence-electron chi connectivity index (χ1n) is 5.96. The van der Waals surface area contributed by atoms with Crippen LogP contribution in [0.15, 0.2) is 24.7 Å². The van der Waals surface area contributed by atoms with Gasteiger partial charge in [0.2, 0.25) is 0 Å². The summed E-state index contributed by atoms with van der Waals surface area (Å²) in [4.78, 5) is 40.7. The number of carbonyl (C=O) groups excluding carboxylic acids is 2. The number of aromatic nitrogens is 2. The zero-order valence-corrected chi connectivity index (χ0v) is 10.9. The highest BCUT2D eigenvalue weighted by Crippen LogP contribution is 2.03. The molecule has 1 unspecified atom stereocenters. The van der Waals surface area contributed by atoms with Crippen LogP contribution < -0.4 is 5.32 Å². The summed E-state index contributed by atoms with van der Waals surface area (Å²) < 4.78 is 0. The number of aliphatic carboxylic acids is 1. The van der Waals surface area contributed by atoms with Crippen LogP contribution in [0.2, 0.25) is 0 Å². The summed E-state index contributed by atoms with van der Waals surface area (Å²) in [7, 11) is 0. The van der Waals surface area contributed by atoms with E-state index < -0.39 is 17.9 Å². The Kier molecular flexibility index (Phi) is 6.02. The summed E-state index contributed by atoms with van der Waals surface area (Å²) in [6, 6.07) is -0.680. The van der Waals surface area contributed by atoms with Gasteiger partial charge in [-0.1, -0.05) is 6.08 Å². The molecule has 20 heavy (non-hydrogen) atoms. The molecule has 0 spiro atoms. The minimum absolute atomic E-state index is 0.306. The lowest BCUT2D eigenvalue weighted by Crippen LogP contribution is -2.36. The molecule has 0 aliphatic carbocycles. The highest BCUT2D eigenvalue weighted by atomic mass is 16.4. The van der Waals surface area contributed by atoms with Crippen LogP contribution in [-0.2, 0) is 9.59 Å². The fourth-order valence-corrected chi connectivity index (χ4v) is 1.49. The fourth-order valence-electron chi connectivity index (χ4n) is 1.49. The number of amides is 1. The predicted molar refractivity (Wildman–Crippen MR) is 70.1 cm³/mol. The van der Waals surface area contributed by atoms with Crippen molar-refractivity contribution < 1.29 is 19.5 Å². The van der Waals surface area contributed by atoms with Gasteiger partial charge in [0.15, 0.2) is 0 Å². The van der Waals surface area contributed by atoms with Crippen molar-refractivity contribution in [3.63, 3.8) is 0 Å². The van der Waals surface area contributed by atoms with Gasteiger partial charge in [0.05, 0.1) is 17.3 Å². The van der Waals surface area contributed by atoms with Gasteiger partial charge in [0.1, 0.15) is 12.6 Å². The van der Waals surface area contributed by atoms with Crippen molar-refractivity contribution in [1.29, 1.82) is 0 Å². The van der Waals surface area contributed by atoms with Crippen LogP contribution in [0.4, 0.5) is 0 Å². The second-order valence-electron chi connectivity index (χ2n) is 4.06. The number of aldehydes is 1. The van der Waals surface area contributed by atoms with E-state index in [1.165, 1.54) is 18.6 Å². The summed E-state index contributed by atoms with van der Waals surface area (Å²) in [6.45, 7) is 1.67. The number of hydrogen-bond acceptors (Lipinski definition) is 5. The SMILES string of the molecule is Cc1ncncc1C(=O)NC(C=O)CCC=CC(=O)O. The Bertz CT molecular complexity index is 528. The van der Waals surface area contributed by atoms with Gasteiger partial charge in [-0.15, -0.1) is 0 Å². The van der Waals surface area contributed by atoms with Gasteiger partial charge in [0, 0.05) is 12.3 Å². The summed E-state index contributed by atoms with van der Waals surface area (Å²) in [6.07, 6.45) is 6.46. The number of allylic oxidation sites excluding steroid dienone is 1. The average Bonchev–Trinajstić information content (AvgIpc) is 2.42. The van der Waals surface area contributed by atoms with Crippen molar-refractivity contribution in [2.45, 2.75) is 25.8 Å². The Balaban J connectivity index is 2.56. The van der Waals surface area contributed by atoms with Gasteiger partial charge < -0.3 is 15.2 Å². The highest BCUT2D eigenvalue weighted by Gasteiger charge is 2.14. The van der Waals surface area contributed by atoms with Crippen LogP contribution in [-0.4, -0.2) is 39.3 Å². The molecular weight excluding hydrogens is 262 g/mol. The largest absolute Gasteiger partial charge is 0.478 e. The van der Waals surface area contributed by atoms with E-state index in [1.807, 2.05) is 0 Å². The predicted octanol–water partition coefficient (Wildman–Crippen LogP) is 0.503. The van der Waals surface area contributed by atoms with Crippen LogP contribution >= 0.6 is 0 Å². The summed E-state index contributed by atoms with van der Waals surface area (Å²) in [5.74, 6) is -1.48. The van der Waals surface area contributed by atoms with Gasteiger partial charge in [-0.3, -0.25) is 4.79 Å². The molecule has 7 heteroatoms. The first kappa shape index (κ1) is 15.5. The van der Waals surface area contributed by atoms with Crippen molar-refractivity contribution in [2.75, 3.05) is 0 Å². The molecule has 0 fully saturated rings. The number of hydrogen-bond donors (Lipinski definition) is 2. The van der Waals surface area contributed by atoms with Crippen LogP contribution in [0.5, 0.6) is 0 Å². The van der Waals surface area contributed by atoms with Crippen molar-refractivity contribution in [1.82, 2.24) is 15.3 Å². The smallest absolute Gasteiger partial charge is 0.327 e. The van der Waals surface area contributed by atoms with Gasteiger partial charge in [-0.2, -0.15) is 0 Å². The molecule has 7 nitrogen and oxygen atoms in total. The van der Waals surface area contributed by atoms with E-state index in [0.717, 1.165) is 6.08 Å². The number of carboxylic acids is 1. The number of aryl methyl sites for hydroxylation is 1. The minimum atomic E-state index is -1.05. The Morgan fingerprint density at radius 3 is 2.85 bits per heavy atom. The maximum Gasteiger partial charge on any atom is 0.327 e. The lowest BCUT2D eigenvalue weighted by molar-refractivity contribution is -0.131. The Labute approximate surface area is 115 Å². The molecule has 106 valence electrons. The van der Waals surface area contributed by atoms with Crippen molar-refractivity contribution >= 4 is 18.2 Å². The van der Waals surface area contributed by atoms with E-state index in [1.54, 1.807) is 6.92 Å². The maximum atomic E-state index is 11.9. The Hall–Kier alpha value is -2.57. The lowest BCUT2D eigenvalue weighted by atomic mass is 10.1. The van der Waals surface area contributed by atoms with E-state index in [4.69, 9.17) is 5.11 Å². The maximum absolute atomic E-state index is 11.9. The topological polar surface area (TPSA) is 109 Å². The zero-order chi connectivity index (χ0) is 15.0. The Morgan fingerprint density at radius 1 is 1.50 bits per heavy atom. The number of carbonyl (C=O) groups is 3.